The Bertz CT molecular complexity index is 2300. The molecule has 0 spiro atoms. The maximum absolute atomic E-state index is 14.6. The molecule has 1 aromatic heterocycles. The molecule has 54 heavy (non-hydrogen) atoms. The van der Waals surface area contributed by atoms with Crippen LogP contribution in [0, 0.1) is 0 Å². The Morgan fingerprint density at radius 3 is 2.35 bits per heavy atom. The van der Waals surface area contributed by atoms with Crippen molar-refractivity contribution in [2.75, 3.05) is 18.9 Å². The molecule has 11 nitrogen and oxygen atoms in total. The summed E-state index contributed by atoms with van der Waals surface area (Å²) in [6.45, 7) is 6.03. The highest BCUT2D eigenvalue weighted by Crippen LogP contribution is 2.36. The number of aromatic nitrogens is 2. The van der Waals surface area contributed by atoms with Crippen molar-refractivity contribution in [2.24, 2.45) is 0 Å². The summed E-state index contributed by atoms with van der Waals surface area (Å²) in [7, 11) is -3.89. The van der Waals surface area contributed by atoms with Crippen LogP contribution in [-0.2, 0) is 34.1 Å². The highest BCUT2D eigenvalue weighted by molar-refractivity contribution is 7.90. The van der Waals surface area contributed by atoms with E-state index >= 15 is 0 Å². The lowest BCUT2D eigenvalue weighted by Crippen LogP contribution is -2.36. The number of amides is 2. The van der Waals surface area contributed by atoms with Gasteiger partial charge in [-0.3, -0.25) is 9.59 Å². The average Bonchev–Trinajstić information content (AvgIpc) is 3.55. The minimum Gasteiger partial charge on any atom is -0.461 e. The zero-order valence-corrected chi connectivity index (χ0v) is 31.9. The first-order chi connectivity index (χ1) is 26.0. The van der Waals surface area contributed by atoms with Crippen LogP contribution in [0.2, 0.25) is 5.02 Å². The van der Waals surface area contributed by atoms with E-state index in [2.05, 4.69) is 11.6 Å². The number of halogens is 1. The molecule has 2 heterocycles. The molecule has 0 unspecified atom stereocenters. The van der Waals surface area contributed by atoms with Gasteiger partial charge in [0.25, 0.3) is 11.8 Å². The lowest BCUT2D eigenvalue weighted by molar-refractivity contribution is 0.0519. The van der Waals surface area contributed by atoms with Gasteiger partial charge >= 0.3 is 5.97 Å². The second-order valence-electron chi connectivity index (χ2n) is 12.8. The van der Waals surface area contributed by atoms with Crippen molar-refractivity contribution in [1.29, 1.82) is 0 Å². The van der Waals surface area contributed by atoms with E-state index in [4.69, 9.17) is 26.2 Å². The van der Waals surface area contributed by atoms with Crippen LogP contribution in [0.25, 0.3) is 16.8 Å². The van der Waals surface area contributed by atoms with Gasteiger partial charge in [-0.05, 0) is 104 Å². The van der Waals surface area contributed by atoms with Crippen molar-refractivity contribution in [3.63, 3.8) is 0 Å². The molecule has 2 amide bonds. The summed E-state index contributed by atoms with van der Waals surface area (Å²) in [5, 5.41) is 5.36. The summed E-state index contributed by atoms with van der Waals surface area (Å²) in [6.07, 6.45) is 2.69. The first kappa shape index (κ1) is 38.3. The molecular formula is C41H41ClN4O7S. The lowest BCUT2D eigenvalue weighted by atomic mass is 9.92. The minimum atomic E-state index is -3.89. The minimum absolute atomic E-state index is 0.00556. The fourth-order valence-electron chi connectivity index (χ4n) is 6.38. The van der Waals surface area contributed by atoms with Gasteiger partial charge in [0.2, 0.25) is 10.0 Å². The van der Waals surface area contributed by atoms with Gasteiger partial charge in [0, 0.05) is 34.8 Å². The standard InChI is InChI=1S/C41H41ClN4O7S/c1-4-7-15-36-37(38(41(49)52-5-2)43-46(36)31-17-19-32(20-18-31)53-33-14-10-13-30(42)25-33)34-21-16-28(39(47)44-54(50,51)6-3)24-35(34)40(48)45-23-22-27-11-8-9-12-29(27)26-45/h8-14,16-21,24-25H,4-7,15,22-23,26H2,1-3H3,(H,44,47). The maximum Gasteiger partial charge on any atom is 0.359 e. The molecule has 5 aromatic rings. The van der Waals surface area contributed by atoms with E-state index in [9.17, 15) is 22.8 Å². The summed E-state index contributed by atoms with van der Waals surface area (Å²) < 4.78 is 40.0. The van der Waals surface area contributed by atoms with E-state index in [0.717, 1.165) is 24.0 Å². The summed E-state index contributed by atoms with van der Waals surface area (Å²) >= 11 is 6.14. The van der Waals surface area contributed by atoms with Crippen LogP contribution in [0.5, 0.6) is 11.5 Å². The molecule has 1 N–H and O–H groups in total. The number of hydrogen-bond acceptors (Lipinski definition) is 8. The summed E-state index contributed by atoms with van der Waals surface area (Å²) in [5.41, 5.74) is 4.33. The molecule has 0 radical (unpaired) electrons. The van der Waals surface area contributed by atoms with Crippen LogP contribution in [0.4, 0.5) is 0 Å². The Morgan fingerprint density at radius 1 is 0.889 bits per heavy atom. The first-order valence-corrected chi connectivity index (χ1v) is 19.9. The molecule has 0 saturated heterocycles. The molecule has 0 fully saturated rings. The number of sulfonamides is 1. The zero-order valence-electron chi connectivity index (χ0n) is 30.3. The number of esters is 1. The fourth-order valence-corrected chi connectivity index (χ4v) is 7.11. The first-order valence-electron chi connectivity index (χ1n) is 17.9. The van der Waals surface area contributed by atoms with Gasteiger partial charge in [-0.2, -0.15) is 5.10 Å². The summed E-state index contributed by atoms with van der Waals surface area (Å²) in [5.74, 6) is -1.08. The number of nitrogens with one attached hydrogen (secondary N) is 1. The van der Waals surface area contributed by atoms with Crippen molar-refractivity contribution in [1.82, 2.24) is 19.4 Å². The topological polar surface area (TPSA) is 137 Å². The van der Waals surface area contributed by atoms with Gasteiger partial charge in [0.05, 0.1) is 23.7 Å². The summed E-state index contributed by atoms with van der Waals surface area (Å²) in [6, 6.07) is 26.6. The van der Waals surface area contributed by atoms with Gasteiger partial charge in [-0.25, -0.2) is 22.6 Å². The third-order valence-corrected chi connectivity index (χ3v) is 10.6. The molecule has 0 bridgehead atoms. The normalized spacial score (nSPS) is 12.6. The molecule has 4 aromatic carbocycles. The molecule has 0 saturated carbocycles. The number of benzene rings is 4. The van der Waals surface area contributed by atoms with E-state index in [1.807, 2.05) is 36.4 Å². The molecule has 1 aliphatic heterocycles. The van der Waals surface area contributed by atoms with Gasteiger partial charge in [-0.15, -0.1) is 0 Å². The van der Waals surface area contributed by atoms with Gasteiger partial charge < -0.3 is 14.4 Å². The average molecular weight is 769 g/mol. The summed E-state index contributed by atoms with van der Waals surface area (Å²) in [4.78, 5) is 43.3. The van der Waals surface area contributed by atoms with Gasteiger partial charge in [-0.1, -0.05) is 61.3 Å². The van der Waals surface area contributed by atoms with E-state index in [1.54, 1.807) is 59.0 Å². The van der Waals surface area contributed by atoms with Crippen LogP contribution >= 0.6 is 11.6 Å². The number of hydrogen-bond donors (Lipinski definition) is 1. The number of unbranched alkanes of at least 4 members (excludes halogenated alkanes) is 1. The Hall–Kier alpha value is -5.46. The molecule has 0 aliphatic carbocycles. The van der Waals surface area contributed by atoms with Crippen LogP contribution in [0.15, 0.2) is 91.0 Å². The molecular weight excluding hydrogens is 728 g/mol. The Morgan fingerprint density at radius 2 is 1.65 bits per heavy atom. The van der Waals surface area contributed by atoms with Gasteiger partial charge in [0.1, 0.15) is 11.5 Å². The van der Waals surface area contributed by atoms with Crippen molar-refractivity contribution in [2.45, 2.75) is 53.0 Å². The fraction of sp³-hybridized carbons (Fsp3) is 0.268. The number of fused-ring (bicyclic) bond motifs is 1. The Balaban J connectivity index is 1.50. The third-order valence-electron chi connectivity index (χ3n) is 9.16. The highest BCUT2D eigenvalue weighted by atomic mass is 35.5. The third kappa shape index (κ3) is 8.50. The number of carbonyl (C=O) groups excluding carboxylic acids is 3. The van der Waals surface area contributed by atoms with E-state index < -0.39 is 21.9 Å². The second kappa shape index (κ2) is 16.7. The largest absolute Gasteiger partial charge is 0.461 e. The monoisotopic (exact) mass is 768 g/mol. The predicted molar refractivity (Wildman–Crippen MR) is 207 cm³/mol. The Kier molecular flexibility index (Phi) is 11.8. The number of carbonyl (C=O) groups is 3. The highest BCUT2D eigenvalue weighted by Gasteiger charge is 2.32. The predicted octanol–water partition coefficient (Wildman–Crippen LogP) is 7.78. The van der Waals surface area contributed by atoms with Crippen LogP contribution in [0.3, 0.4) is 0 Å². The van der Waals surface area contributed by atoms with E-state index in [1.165, 1.54) is 19.1 Å². The zero-order chi connectivity index (χ0) is 38.4. The quantitative estimate of drug-likeness (QED) is 0.120. The SMILES string of the molecule is CCCCc1c(-c2ccc(C(=O)NS(=O)(=O)CC)cc2C(=O)N2CCc3ccccc3C2)c(C(=O)OCC)nn1-c1ccc(Oc2cccc(Cl)c2)cc1. The smallest absolute Gasteiger partial charge is 0.359 e. The van der Waals surface area contributed by atoms with E-state index in [-0.39, 0.29) is 35.1 Å². The molecule has 1 aliphatic rings. The van der Waals surface area contributed by atoms with Crippen molar-refractivity contribution >= 4 is 39.4 Å². The van der Waals surface area contributed by atoms with Crippen LogP contribution in [-0.4, -0.2) is 59.8 Å². The molecule has 13 heteroatoms. The number of ether oxygens (including phenoxy) is 2. The molecule has 0 atom stereocenters. The van der Waals surface area contributed by atoms with Crippen molar-refractivity contribution < 1.29 is 32.3 Å². The van der Waals surface area contributed by atoms with Crippen LogP contribution < -0.4 is 9.46 Å². The lowest BCUT2D eigenvalue weighted by Gasteiger charge is -2.29. The number of nitrogens with zero attached hydrogens (tertiary/aromatic N) is 3. The van der Waals surface area contributed by atoms with Gasteiger partial charge in [0.15, 0.2) is 5.69 Å². The number of rotatable bonds is 13. The molecule has 6 rings (SSSR count). The maximum atomic E-state index is 14.6. The van der Waals surface area contributed by atoms with Crippen molar-refractivity contribution in [3.8, 4) is 28.3 Å². The Labute approximate surface area is 319 Å². The van der Waals surface area contributed by atoms with Crippen LogP contribution in [0.1, 0.15) is 81.6 Å². The molecule has 280 valence electrons. The second-order valence-corrected chi connectivity index (χ2v) is 15.2. The van der Waals surface area contributed by atoms with E-state index in [0.29, 0.717) is 65.0 Å². The van der Waals surface area contributed by atoms with Crippen molar-refractivity contribution in [3.05, 3.63) is 130 Å².